The number of hydrogen-bond acceptors (Lipinski definition) is 7. The summed E-state index contributed by atoms with van der Waals surface area (Å²) in [5, 5.41) is 2.45. The summed E-state index contributed by atoms with van der Waals surface area (Å²) in [6.45, 7) is 1.42. The first-order valence-corrected chi connectivity index (χ1v) is 8.94. The Hall–Kier alpha value is -2.65. The van der Waals surface area contributed by atoms with E-state index in [4.69, 9.17) is 9.47 Å². The van der Waals surface area contributed by atoms with E-state index >= 15 is 0 Å². The molecule has 2 atom stereocenters. The number of carbonyl (C=O) groups is 2. The molecule has 1 N–H and O–H groups in total. The summed E-state index contributed by atoms with van der Waals surface area (Å²) >= 11 is 1.45. The molecule has 0 spiro atoms. The zero-order valence-electron chi connectivity index (χ0n) is 14.0. The molecule has 1 aliphatic rings. The minimum Gasteiger partial charge on any atom is -0.458 e. The lowest BCUT2D eigenvalue weighted by Crippen LogP contribution is -2.29. The van der Waals surface area contributed by atoms with Crippen LogP contribution in [0.1, 0.15) is 23.5 Å². The number of thioether (sulfide) groups is 1. The Balaban J connectivity index is 1.56. The van der Waals surface area contributed by atoms with Gasteiger partial charge in [0.15, 0.2) is 0 Å². The molecule has 0 saturated carbocycles. The van der Waals surface area contributed by atoms with E-state index in [2.05, 4.69) is 10.3 Å². The minimum atomic E-state index is -0.524. The first-order chi connectivity index (χ1) is 12.5. The van der Waals surface area contributed by atoms with E-state index in [-0.39, 0.29) is 23.8 Å². The number of nitrogens with zero attached hydrogens (tertiary/aromatic N) is 2. The number of carbonyl (C=O) groups excluding carboxylic acids is 2. The van der Waals surface area contributed by atoms with Crippen LogP contribution in [0.15, 0.2) is 47.4 Å². The van der Waals surface area contributed by atoms with Gasteiger partial charge in [-0.3, -0.25) is 9.36 Å². The molecule has 0 unspecified atom stereocenters. The maximum atomic E-state index is 12.1. The maximum absolute atomic E-state index is 12.1. The fourth-order valence-corrected chi connectivity index (χ4v) is 3.35. The van der Waals surface area contributed by atoms with Crippen LogP contribution in [0.25, 0.3) is 0 Å². The van der Waals surface area contributed by atoms with Crippen LogP contribution < -0.4 is 11.0 Å². The van der Waals surface area contributed by atoms with Crippen molar-refractivity contribution in [2.45, 2.75) is 18.6 Å². The molecule has 2 heterocycles. The van der Waals surface area contributed by atoms with Gasteiger partial charge in [0.05, 0.1) is 5.56 Å². The number of benzene rings is 1. The van der Waals surface area contributed by atoms with E-state index in [0.717, 1.165) is 0 Å². The molecule has 1 aromatic heterocycles. The Morgan fingerprint density at radius 2 is 2.12 bits per heavy atom. The number of amides is 1. The van der Waals surface area contributed by atoms with Gasteiger partial charge in [-0.25, -0.2) is 9.59 Å². The van der Waals surface area contributed by atoms with Crippen molar-refractivity contribution in [2.75, 3.05) is 17.7 Å². The average molecular weight is 375 g/mol. The van der Waals surface area contributed by atoms with Gasteiger partial charge in [0.2, 0.25) is 5.91 Å². The van der Waals surface area contributed by atoms with Crippen molar-refractivity contribution in [3.63, 3.8) is 0 Å². The van der Waals surface area contributed by atoms with Crippen LogP contribution >= 0.6 is 11.8 Å². The second kappa shape index (κ2) is 8.15. The van der Waals surface area contributed by atoms with Gasteiger partial charge >= 0.3 is 11.7 Å². The highest BCUT2D eigenvalue weighted by atomic mass is 32.2. The molecule has 8 nitrogen and oxygen atoms in total. The molecule has 1 saturated heterocycles. The molecule has 26 heavy (non-hydrogen) atoms. The molecule has 0 bridgehead atoms. The number of anilines is 1. The van der Waals surface area contributed by atoms with Crippen molar-refractivity contribution >= 4 is 29.5 Å². The van der Waals surface area contributed by atoms with Crippen molar-refractivity contribution in [1.82, 2.24) is 9.55 Å². The van der Waals surface area contributed by atoms with E-state index in [1.807, 2.05) is 6.07 Å². The van der Waals surface area contributed by atoms with E-state index in [1.165, 1.54) is 35.5 Å². The standard InChI is InChI=1S/C17H17N3O5S/c1-11(21)18-13-7-8-20(17(23)19-13)14-10-26-15(25-14)9-24-16(22)12-5-3-2-4-6-12/h2-8,14-15H,9-10H2,1H3,(H,18,19,21,23)/t14-,15-/m1/s1. The van der Waals surface area contributed by atoms with Crippen molar-refractivity contribution in [3.05, 3.63) is 58.6 Å². The lowest BCUT2D eigenvalue weighted by atomic mass is 10.2. The average Bonchev–Trinajstić information content (AvgIpc) is 3.08. The number of rotatable bonds is 5. The fraction of sp³-hybridized carbons (Fsp3) is 0.294. The predicted octanol–water partition coefficient (Wildman–Crippen LogP) is 1.65. The molecular weight excluding hydrogens is 358 g/mol. The van der Waals surface area contributed by atoms with Gasteiger partial charge in [0.25, 0.3) is 0 Å². The molecule has 2 aromatic rings. The Labute approximate surface area is 153 Å². The summed E-state index contributed by atoms with van der Waals surface area (Å²) in [7, 11) is 0. The second-order valence-electron chi connectivity index (χ2n) is 5.50. The van der Waals surface area contributed by atoms with Crippen LogP contribution in [0.5, 0.6) is 0 Å². The lowest BCUT2D eigenvalue weighted by Gasteiger charge is -2.15. The maximum Gasteiger partial charge on any atom is 0.351 e. The molecule has 1 amide bonds. The first-order valence-electron chi connectivity index (χ1n) is 7.89. The van der Waals surface area contributed by atoms with Gasteiger partial charge in [-0.2, -0.15) is 4.98 Å². The zero-order valence-corrected chi connectivity index (χ0v) is 14.8. The molecule has 136 valence electrons. The third kappa shape index (κ3) is 4.50. The van der Waals surface area contributed by atoms with Gasteiger partial charge in [-0.05, 0) is 18.2 Å². The number of esters is 1. The van der Waals surface area contributed by atoms with Crippen LogP contribution in [-0.4, -0.2) is 39.2 Å². The highest BCUT2D eigenvalue weighted by Crippen LogP contribution is 2.31. The molecule has 1 fully saturated rings. The van der Waals surface area contributed by atoms with Crippen LogP contribution in [0.2, 0.25) is 0 Å². The van der Waals surface area contributed by atoms with Crippen LogP contribution in [-0.2, 0) is 14.3 Å². The molecule has 3 rings (SSSR count). The van der Waals surface area contributed by atoms with Crippen molar-refractivity contribution < 1.29 is 19.1 Å². The third-order valence-corrected chi connectivity index (χ3v) is 4.63. The molecule has 1 aliphatic heterocycles. The zero-order chi connectivity index (χ0) is 18.5. The van der Waals surface area contributed by atoms with E-state index < -0.39 is 17.9 Å². The Bertz CT molecular complexity index is 855. The smallest absolute Gasteiger partial charge is 0.351 e. The molecule has 1 aromatic carbocycles. The lowest BCUT2D eigenvalue weighted by molar-refractivity contribution is -0.114. The van der Waals surface area contributed by atoms with Gasteiger partial charge in [-0.1, -0.05) is 18.2 Å². The summed E-state index contributed by atoms with van der Waals surface area (Å²) in [6, 6.07) is 10.2. The quantitative estimate of drug-likeness (QED) is 0.793. The normalized spacial score (nSPS) is 19.1. The fourth-order valence-electron chi connectivity index (χ4n) is 2.36. The van der Waals surface area contributed by atoms with E-state index in [9.17, 15) is 14.4 Å². The summed E-state index contributed by atoms with van der Waals surface area (Å²) in [4.78, 5) is 38.8. The van der Waals surface area contributed by atoms with Crippen molar-refractivity contribution in [3.8, 4) is 0 Å². The summed E-state index contributed by atoms with van der Waals surface area (Å²) in [5.74, 6) is -0.00802. The number of aromatic nitrogens is 2. The van der Waals surface area contributed by atoms with E-state index in [0.29, 0.717) is 11.3 Å². The monoisotopic (exact) mass is 375 g/mol. The van der Waals surface area contributed by atoms with Crippen LogP contribution in [0.3, 0.4) is 0 Å². The van der Waals surface area contributed by atoms with Gasteiger partial charge in [0.1, 0.15) is 24.1 Å². The molecule has 0 aliphatic carbocycles. The van der Waals surface area contributed by atoms with E-state index in [1.54, 1.807) is 24.3 Å². The highest BCUT2D eigenvalue weighted by molar-refractivity contribution is 8.00. The number of hydrogen-bond donors (Lipinski definition) is 1. The van der Waals surface area contributed by atoms with Gasteiger partial charge < -0.3 is 14.8 Å². The third-order valence-electron chi connectivity index (χ3n) is 3.54. The Morgan fingerprint density at radius 1 is 1.35 bits per heavy atom. The Morgan fingerprint density at radius 3 is 2.81 bits per heavy atom. The van der Waals surface area contributed by atoms with Crippen molar-refractivity contribution in [1.29, 1.82) is 0 Å². The molecule has 0 radical (unpaired) electrons. The van der Waals surface area contributed by atoms with Crippen molar-refractivity contribution in [2.24, 2.45) is 0 Å². The molecular formula is C17H17N3O5S. The largest absolute Gasteiger partial charge is 0.458 e. The highest BCUT2D eigenvalue weighted by Gasteiger charge is 2.29. The summed E-state index contributed by atoms with van der Waals surface area (Å²) in [5.41, 5.74) is -0.417. The predicted molar refractivity (Wildman–Crippen MR) is 95.9 cm³/mol. The second-order valence-corrected chi connectivity index (χ2v) is 6.69. The number of nitrogens with one attached hydrogen (secondary N) is 1. The minimum absolute atomic E-state index is 0.0844. The molecule has 9 heteroatoms. The van der Waals surface area contributed by atoms with Gasteiger partial charge in [-0.15, -0.1) is 11.8 Å². The summed E-state index contributed by atoms with van der Waals surface area (Å²) < 4.78 is 12.4. The topological polar surface area (TPSA) is 99.5 Å². The van der Waals surface area contributed by atoms with Crippen LogP contribution in [0.4, 0.5) is 5.82 Å². The van der Waals surface area contributed by atoms with Gasteiger partial charge in [0, 0.05) is 18.9 Å². The summed E-state index contributed by atoms with van der Waals surface area (Å²) in [6.07, 6.45) is 1.01. The first kappa shape index (κ1) is 18.2. The number of ether oxygens (including phenoxy) is 2. The Kier molecular flexibility index (Phi) is 5.69. The van der Waals surface area contributed by atoms with Crippen LogP contribution in [0, 0.1) is 0 Å². The SMILES string of the molecule is CC(=O)Nc1ccn([C@H]2CS[C@H](COC(=O)c3ccccc3)O2)c(=O)n1.